The number of hydrogen-bond acceptors (Lipinski definition) is 9. The SMILES string of the molecule is O=C(CS(=O)(=O)c1ccccc1)N(C[C@H](O)[C@@H](O)[C@H](O)[C@H](O)CO)C1CCNCC1. The fourth-order valence-corrected chi connectivity index (χ4v) is 4.63. The fraction of sp³-hybridized carbons (Fsp3) is 0.632. The van der Waals surface area contributed by atoms with Gasteiger partial charge in [-0.2, -0.15) is 0 Å². The zero-order valence-corrected chi connectivity index (χ0v) is 17.4. The highest BCUT2D eigenvalue weighted by Gasteiger charge is 2.35. The topological polar surface area (TPSA) is 168 Å². The molecule has 2 rings (SSSR count). The van der Waals surface area contributed by atoms with Crippen LogP contribution >= 0.6 is 0 Å². The second-order valence-electron chi connectivity index (χ2n) is 7.40. The van der Waals surface area contributed by atoms with Gasteiger partial charge in [-0.05, 0) is 38.1 Å². The molecule has 0 aromatic heterocycles. The van der Waals surface area contributed by atoms with E-state index in [2.05, 4.69) is 5.32 Å². The number of aliphatic hydroxyl groups excluding tert-OH is 5. The van der Waals surface area contributed by atoms with Crippen LogP contribution in [0.2, 0.25) is 0 Å². The van der Waals surface area contributed by atoms with Crippen LogP contribution in [0.25, 0.3) is 0 Å². The van der Waals surface area contributed by atoms with Crippen molar-refractivity contribution in [2.24, 2.45) is 0 Å². The maximum absolute atomic E-state index is 12.9. The van der Waals surface area contributed by atoms with Crippen LogP contribution in [-0.4, -0.2) is 107 Å². The maximum Gasteiger partial charge on any atom is 0.238 e. The molecular weight excluding hydrogens is 416 g/mol. The summed E-state index contributed by atoms with van der Waals surface area (Å²) in [5.41, 5.74) is 0. The molecule has 1 aliphatic heterocycles. The van der Waals surface area contributed by atoms with Gasteiger partial charge in [0.05, 0.1) is 11.5 Å². The van der Waals surface area contributed by atoms with Crippen molar-refractivity contribution in [3.63, 3.8) is 0 Å². The Morgan fingerprint density at radius 3 is 2.17 bits per heavy atom. The van der Waals surface area contributed by atoms with E-state index in [1.807, 2.05) is 0 Å². The van der Waals surface area contributed by atoms with E-state index in [9.17, 15) is 33.6 Å². The molecule has 11 heteroatoms. The van der Waals surface area contributed by atoms with Crippen LogP contribution in [0.3, 0.4) is 0 Å². The number of piperidine rings is 1. The Bertz CT molecular complexity index is 770. The zero-order valence-electron chi connectivity index (χ0n) is 16.5. The molecule has 4 atom stereocenters. The first-order chi connectivity index (χ1) is 14.2. The number of carbonyl (C=O) groups excluding carboxylic acids is 1. The summed E-state index contributed by atoms with van der Waals surface area (Å²) in [5, 5.41) is 51.8. The summed E-state index contributed by atoms with van der Waals surface area (Å²) in [6.07, 6.45) is -5.93. The maximum atomic E-state index is 12.9. The van der Waals surface area contributed by atoms with Crippen molar-refractivity contribution in [1.29, 1.82) is 0 Å². The van der Waals surface area contributed by atoms with Crippen molar-refractivity contribution in [3.8, 4) is 0 Å². The highest BCUT2D eigenvalue weighted by atomic mass is 32.2. The number of sulfone groups is 1. The van der Waals surface area contributed by atoms with Gasteiger partial charge >= 0.3 is 0 Å². The minimum Gasteiger partial charge on any atom is -0.394 e. The van der Waals surface area contributed by atoms with Crippen LogP contribution < -0.4 is 5.32 Å². The minimum atomic E-state index is -3.91. The van der Waals surface area contributed by atoms with Gasteiger partial charge in [-0.25, -0.2) is 8.42 Å². The fourth-order valence-electron chi connectivity index (χ4n) is 3.40. The highest BCUT2D eigenvalue weighted by molar-refractivity contribution is 7.92. The predicted octanol–water partition coefficient (Wildman–Crippen LogP) is -2.52. The number of hydrogen-bond donors (Lipinski definition) is 6. The van der Waals surface area contributed by atoms with Crippen LogP contribution in [-0.2, 0) is 14.6 Å². The van der Waals surface area contributed by atoms with Crippen LogP contribution in [0.5, 0.6) is 0 Å². The highest BCUT2D eigenvalue weighted by Crippen LogP contribution is 2.18. The molecule has 1 saturated heterocycles. The molecule has 0 saturated carbocycles. The first-order valence-electron chi connectivity index (χ1n) is 9.78. The van der Waals surface area contributed by atoms with Gasteiger partial charge in [0, 0.05) is 12.6 Å². The number of carbonyl (C=O) groups is 1. The van der Waals surface area contributed by atoms with Crippen molar-refractivity contribution in [2.75, 3.05) is 32.0 Å². The van der Waals surface area contributed by atoms with E-state index in [0.29, 0.717) is 25.9 Å². The summed E-state index contributed by atoms with van der Waals surface area (Å²) < 4.78 is 25.2. The summed E-state index contributed by atoms with van der Waals surface area (Å²) >= 11 is 0. The Labute approximate surface area is 175 Å². The Kier molecular flexibility index (Phi) is 9.16. The standard InChI is InChI=1S/C19H30N2O8S/c22-11-16(24)19(27)18(26)15(23)10-21(13-6-8-20-9-7-13)17(25)12-30(28,29)14-4-2-1-3-5-14/h1-5,13,15-16,18-20,22-24,26-27H,6-12H2/t15-,16+,18+,19+/m0/s1. The molecule has 1 aromatic rings. The Hall–Kier alpha value is -1.60. The smallest absolute Gasteiger partial charge is 0.238 e. The van der Waals surface area contributed by atoms with Gasteiger partial charge in [0.15, 0.2) is 9.84 Å². The Balaban J connectivity index is 2.17. The number of nitrogens with one attached hydrogen (secondary N) is 1. The molecule has 0 bridgehead atoms. The molecule has 1 amide bonds. The third kappa shape index (κ3) is 6.45. The van der Waals surface area contributed by atoms with Crippen molar-refractivity contribution in [2.45, 2.75) is 48.2 Å². The first-order valence-corrected chi connectivity index (χ1v) is 11.4. The minimum absolute atomic E-state index is 0.00526. The summed E-state index contributed by atoms with van der Waals surface area (Å²) in [4.78, 5) is 14.2. The molecule has 1 fully saturated rings. The molecule has 30 heavy (non-hydrogen) atoms. The van der Waals surface area contributed by atoms with Gasteiger partial charge in [-0.3, -0.25) is 4.79 Å². The lowest BCUT2D eigenvalue weighted by molar-refractivity contribution is -0.141. The number of nitrogens with zero attached hydrogens (tertiary/aromatic N) is 1. The van der Waals surface area contributed by atoms with E-state index >= 15 is 0 Å². The van der Waals surface area contributed by atoms with E-state index < -0.39 is 59.1 Å². The molecule has 6 N–H and O–H groups in total. The lowest BCUT2D eigenvalue weighted by Crippen LogP contribution is -2.55. The first kappa shape index (κ1) is 24.7. The van der Waals surface area contributed by atoms with E-state index in [-0.39, 0.29) is 10.9 Å². The number of benzene rings is 1. The van der Waals surface area contributed by atoms with Crippen LogP contribution in [0.1, 0.15) is 12.8 Å². The van der Waals surface area contributed by atoms with Crippen molar-refractivity contribution >= 4 is 15.7 Å². The number of rotatable bonds is 10. The largest absolute Gasteiger partial charge is 0.394 e. The molecule has 0 aliphatic carbocycles. The molecule has 1 aliphatic rings. The van der Waals surface area contributed by atoms with Gasteiger partial charge in [-0.1, -0.05) is 18.2 Å². The third-order valence-electron chi connectivity index (χ3n) is 5.19. The van der Waals surface area contributed by atoms with Gasteiger partial charge < -0.3 is 35.7 Å². The average molecular weight is 447 g/mol. The second kappa shape index (κ2) is 11.1. The number of aliphatic hydroxyl groups is 5. The monoisotopic (exact) mass is 446 g/mol. The average Bonchev–Trinajstić information content (AvgIpc) is 2.76. The van der Waals surface area contributed by atoms with Gasteiger partial charge in [0.2, 0.25) is 5.91 Å². The lowest BCUT2D eigenvalue weighted by atomic mass is 10.00. The van der Waals surface area contributed by atoms with Gasteiger partial charge in [0.25, 0.3) is 0 Å². The molecule has 0 radical (unpaired) electrons. The van der Waals surface area contributed by atoms with Gasteiger partial charge in [0.1, 0.15) is 30.2 Å². The molecule has 0 unspecified atom stereocenters. The van der Waals surface area contributed by atoms with E-state index in [1.165, 1.54) is 17.0 Å². The lowest BCUT2D eigenvalue weighted by Gasteiger charge is -2.37. The Morgan fingerprint density at radius 1 is 1.03 bits per heavy atom. The molecule has 170 valence electrons. The molecule has 10 nitrogen and oxygen atoms in total. The quantitative estimate of drug-likeness (QED) is 0.227. The van der Waals surface area contributed by atoms with Crippen molar-refractivity contribution in [1.82, 2.24) is 10.2 Å². The Morgan fingerprint density at radius 2 is 1.60 bits per heavy atom. The summed E-state index contributed by atoms with van der Waals surface area (Å²) in [6.45, 7) is -0.0455. The summed E-state index contributed by atoms with van der Waals surface area (Å²) in [7, 11) is -3.91. The van der Waals surface area contributed by atoms with Crippen LogP contribution in [0, 0.1) is 0 Å². The molecule has 1 aromatic carbocycles. The van der Waals surface area contributed by atoms with E-state index in [4.69, 9.17) is 5.11 Å². The summed E-state index contributed by atoms with van der Waals surface area (Å²) in [5.74, 6) is -1.53. The number of amides is 1. The van der Waals surface area contributed by atoms with Crippen LogP contribution in [0.15, 0.2) is 35.2 Å². The van der Waals surface area contributed by atoms with Crippen LogP contribution in [0.4, 0.5) is 0 Å². The van der Waals surface area contributed by atoms with Crippen molar-refractivity contribution < 1.29 is 38.7 Å². The van der Waals surface area contributed by atoms with E-state index in [0.717, 1.165) is 0 Å². The van der Waals surface area contributed by atoms with Gasteiger partial charge in [-0.15, -0.1) is 0 Å². The predicted molar refractivity (Wildman–Crippen MR) is 107 cm³/mol. The van der Waals surface area contributed by atoms with E-state index in [1.54, 1.807) is 18.2 Å². The summed E-state index contributed by atoms with van der Waals surface area (Å²) in [6, 6.07) is 7.19. The van der Waals surface area contributed by atoms with Crippen molar-refractivity contribution in [3.05, 3.63) is 30.3 Å². The molecular formula is C19H30N2O8S. The normalized spacial score (nSPS) is 19.6. The third-order valence-corrected chi connectivity index (χ3v) is 6.81. The molecule has 1 heterocycles. The zero-order chi connectivity index (χ0) is 22.3. The molecule has 0 spiro atoms. The second-order valence-corrected chi connectivity index (χ2v) is 9.39.